The number of hydrogen-bond donors (Lipinski definition) is 1. The van der Waals surface area contributed by atoms with E-state index in [0.29, 0.717) is 6.04 Å². The Labute approximate surface area is 115 Å². The Morgan fingerprint density at radius 3 is 2.95 bits per heavy atom. The maximum Gasteiger partial charge on any atom is 0.0697 e. The lowest BCUT2D eigenvalue weighted by Gasteiger charge is -2.43. The van der Waals surface area contributed by atoms with Gasteiger partial charge in [0, 0.05) is 25.4 Å². The van der Waals surface area contributed by atoms with E-state index in [9.17, 15) is 0 Å². The van der Waals surface area contributed by atoms with Crippen LogP contribution in [0.4, 0.5) is 0 Å². The van der Waals surface area contributed by atoms with Crippen molar-refractivity contribution in [2.45, 2.75) is 63.1 Å². The molecule has 1 atom stereocenters. The first-order chi connectivity index (χ1) is 9.36. The highest BCUT2D eigenvalue weighted by Gasteiger charge is 2.38. The van der Waals surface area contributed by atoms with Gasteiger partial charge < -0.3 is 10.1 Å². The topological polar surface area (TPSA) is 34.1 Å². The van der Waals surface area contributed by atoms with Crippen molar-refractivity contribution in [3.63, 3.8) is 0 Å². The van der Waals surface area contributed by atoms with Gasteiger partial charge in [-0.2, -0.15) is 0 Å². The Morgan fingerprint density at radius 2 is 2.16 bits per heavy atom. The molecule has 1 N–H and O–H groups in total. The van der Waals surface area contributed by atoms with E-state index >= 15 is 0 Å². The van der Waals surface area contributed by atoms with Gasteiger partial charge in [-0.3, -0.25) is 4.98 Å². The number of ether oxygens (including phenoxy) is 1. The summed E-state index contributed by atoms with van der Waals surface area (Å²) in [7, 11) is 0. The summed E-state index contributed by atoms with van der Waals surface area (Å²) in [6, 6.07) is 6.70. The fourth-order valence-corrected chi connectivity index (χ4v) is 3.50. The van der Waals surface area contributed by atoms with Crippen LogP contribution in [-0.4, -0.2) is 23.2 Å². The molecule has 3 rings (SSSR count). The molecule has 0 amide bonds. The molecule has 0 radical (unpaired) electrons. The van der Waals surface area contributed by atoms with Crippen LogP contribution < -0.4 is 5.32 Å². The van der Waals surface area contributed by atoms with Crippen molar-refractivity contribution in [3.05, 3.63) is 30.1 Å². The van der Waals surface area contributed by atoms with E-state index < -0.39 is 0 Å². The van der Waals surface area contributed by atoms with Gasteiger partial charge in [-0.05, 0) is 37.8 Å². The molecule has 3 heteroatoms. The van der Waals surface area contributed by atoms with E-state index in [0.717, 1.165) is 25.3 Å². The molecule has 2 heterocycles. The molecule has 1 unspecified atom stereocenters. The molecule has 3 nitrogen and oxygen atoms in total. The van der Waals surface area contributed by atoms with E-state index in [1.807, 2.05) is 12.3 Å². The molecule has 1 aromatic rings. The molecule has 2 fully saturated rings. The Bertz CT molecular complexity index is 381. The van der Waals surface area contributed by atoms with Crippen LogP contribution in [0.25, 0.3) is 0 Å². The molecule has 1 saturated heterocycles. The maximum atomic E-state index is 6.13. The third kappa shape index (κ3) is 3.34. The van der Waals surface area contributed by atoms with Gasteiger partial charge in [-0.1, -0.05) is 25.3 Å². The highest BCUT2D eigenvalue weighted by atomic mass is 16.5. The largest absolute Gasteiger partial charge is 0.375 e. The number of hydrogen-bond acceptors (Lipinski definition) is 3. The van der Waals surface area contributed by atoms with Gasteiger partial charge in [0.05, 0.1) is 11.3 Å². The zero-order chi connectivity index (χ0) is 13.0. The molecule has 0 aromatic carbocycles. The number of aromatic nitrogens is 1. The normalized spacial score (nSPS) is 26.4. The smallest absolute Gasteiger partial charge is 0.0697 e. The first-order valence-corrected chi connectivity index (χ1v) is 7.64. The van der Waals surface area contributed by atoms with Crippen molar-refractivity contribution in [1.29, 1.82) is 0 Å². The molecule has 1 aromatic heterocycles. The van der Waals surface area contributed by atoms with Gasteiger partial charge >= 0.3 is 0 Å². The molecule has 104 valence electrons. The molecular formula is C16H24N2O. The molecule has 1 saturated carbocycles. The van der Waals surface area contributed by atoms with Crippen molar-refractivity contribution in [3.8, 4) is 0 Å². The minimum absolute atomic E-state index is 0.193. The van der Waals surface area contributed by atoms with Crippen LogP contribution in [0.1, 0.15) is 50.6 Å². The van der Waals surface area contributed by atoms with Crippen molar-refractivity contribution in [2.75, 3.05) is 6.61 Å². The lowest BCUT2D eigenvalue weighted by molar-refractivity contribution is -0.109. The van der Waals surface area contributed by atoms with Gasteiger partial charge in [0.25, 0.3) is 0 Å². The van der Waals surface area contributed by atoms with Crippen LogP contribution >= 0.6 is 0 Å². The molecule has 0 bridgehead atoms. The van der Waals surface area contributed by atoms with Crippen molar-refractivity contribution in [1.82, 2.24) is 10.3 Å². The first-order valence-electron chi connectivity index (χ1n) is 7.64. The van der Waals surface area contributed by atoms with E-state index in [4.69, 9.17) is 4.74 Å². The lowest BCUT2D eigenvalue weighted by atomic mass is 9.78. The fourth-order valence-electron chi connectivity index (χ4n) is 3.50. The summed E-state index contributed by atoms with van der Waals surface area (Å²) < 4.78 is 6.13. The molecule has 1 aliphatic carbocycles. The summed E-state index contributed by atoms with van der Waals surface area (Å²) in [5.74, 6) is 0. The predicted molar refractivity (Wildman–Crippen MR) is 75.9 cm³/mol. The van der Waals surface area contributed by atoms with Gasteiger partial charge in [-0.25, -0.2) is 0 Å². The van der Waals surface area contributed by atoms with Crippen LogP contribution in [0.5, 0.6) is 0 Å². The number of nitrogens with one attached hydrogen (secondary N) is 1. The third-order valence-corrected chi connectivity index (χ3v) is 4.56. The maximum absolute atomic E-state index is 6.13. The molecule has 1 aliphatic heterocycles. The van der Waals surface area contributed by atoms with Crippen LogP contribution in [0.15, 0.2) is 24.4 Å². The standard InChI is InChI=1S/C16H24N2O/c1-3-8-16(9-4-1)12-14(7-11-19-16)18-13-15-6-2-5-10-17-15/h2,5-6,10,14,18H,1,3-4,7-9,11-13H2. The van der Waals surface area contributed by atoms with Gasteiger partial charge in [0.15, 0.2) is 0 Å². The van der Waals surface area contributed by atoms with E-state index in [1.54, 1.807) is 0 Å². The van der Waals surface area contributed by atoms with Crippen LogP contribution in [0.3, 0.4) is 0 Å². The zero-order valence-electron chi connectivity index (χ0n) is 11.6. The Kier molecular flexibility index (Phi) is 4.14. The Morgan fingerprint density at radius 1 is 1.26 bits per heavy atom. The highest BCUT2D eigenvalue weighted by molar-refractivity contribution is 5.03. The second-order valence-corrected chi connectivity index (χ2v) is 5.98. The molecular weight excluding hydrogens is 236 g/mol. The van der Waals surface area contributed by atoms with E-state index in [-0.39, 0.29) is 5.60 Å². The quantitative estimate of drug-likeness (QED) is 0.907. The molecule has 19 heavy (non-hydrogen) atoms. The first kappa shape index (κ1) is 13.1. The number of pyridine rings is 1. The summed E-state index contributed by atoms with van der Waals surface area (Å²) in [4.78, 5) is 4.37. The lowest BCUT2D eigenvalue weighted by Crippen LogP contribution is -2.47. The van der Waals surface area contributed by atoms with Crippen molar-refractivity contribution < 1.29 is 4.74 Å². The number of rotatable bonds is 3. The second kappa shape index (κ2) is 6.02. The Balaban J connectivity index is 1.53. The van der Waals surface area contributed by atoms with Gasteiger partial charge in [0.2, 0.25) is 0 Å². The minimum Gasteiger partial charge on any atom is -0.375 e. The van der Waals surface area contributed by atoms with Gasteiger partial charge in [0.1, 0.15) is 0 Å². The average molecular weight is 260 g/mol. The highest BCUT2D eigenvalue weighted by Crippen LogP contribution is 2.38. The summed E-state index contributed by atoms with van der Waals surface area (Å²) in [6.45, 7) is 1.79. The summed E-state index contributed by atoms with van der Waals surface area (Å²) in [5.41, 5.74) is 1.32. The van der Waals surface area contributed by atoms with Crippen molar-refractivity contribution >= 4 is 0 Å². The zero-order valence-corrected chi connectivity index (χ0v) is 11.6. The van der Waals surface area contributed by atoms with Crippen LogP contribution in [-0.2, 0) is 11.3 Å². The average Bonchev–Trinajstić information content (AvgIpc) is 2.47. The Hall–Kier alpha value is -0.930. The van der Waals surface area contributed by atoms with E-state index in [1.165, 1.54) is 38.5 Å². The third-order valence-electron chi connectivity index (χ3n) is 4.56. The van der Waals surface area contributed by atoms with Crippen LogP contribution in [0, 0.1) is 0 Å². The van der Waals surface area contributed by atoms with Crippen molar-refractivity contribution in [2.24, 2.45) is 0 Å². The van der Waals surface area contributed by atoms with Gasteiger partial charge in [-0.15, -0.1) is 0 Å². The second-order valence-electron chi connectivity index (χ2n) is 5.98. The van der Waals surface area contributed by atoms with E-state index in [2.05, 4.69) is 22.4 Å². The summed E-state index contributed by atoms with van der Waals surface area (Å²) >= 11 is 0. The summed E-state index contributed by atoms with van der Waals surface area (Å²) in [5, 5.41) is 3.67. The summed E-state index contributed by atoms with van der Waals surface area (Å²) in [6.07, 6.45) is 10.8. The molecule has 1 spiro atoms. The number of nitrogens with zero attached hydrogens (tertiary/aromatic N) is 1. The minimum atomic E-state index is 0.193. The predicted octanol–water partition coefficient (Wildman–Crippen LogP) is 3.05. The van der Waals surface area contributed by atoms with Crippen LogP contribution in [0.2, 0.25) is 0 Å². The molecule has 2 aliphatic rings. The monoisotopic (exact) mass is 260 g/mol. The fraction of sp³-hybridized carbons (Fsp3) is 0.688. The SMILES string of the molecule is c1ccc(CNC2CCOC3(CCCCC3)C2)nc1.